The van der Waals surface area contributed by atoms with Gasteiger partial charge in [0.25, 0.3) is 11.8 Å². The van der Waals surface area contributed by atoms with Crippen LogP contribution in [0.25, 0.3) is 0 Å². The van der Waals surface area contributed by atoms with Crippen LogP contribution >= 0.6 is 0 Å². The van der Waals surface area contributed by atoms with Crippen LogP contribution in [-0.4, -0.2) is 17.8 Å². The first-order valence-electron chi connectivity index (χ1n) is 8.44. The van der Waals surface area contributed by atoms with Gasteiger partial charge in [-0.1, -0.05) is 48.5 Å². The standard InChI is InChI=1S/C22H15NO4/c24-20-18-11-4-5-12-19(18)21(25)23(20)17-10-6-9-16(13-17)22(26)27-14-15-7-2-1-3-8-15/h1-13H,14H2. The van der Waals surface area contributed by atoms with Crippen molar-refractivity contribution >= 4 is 23.5 Å². The molecule has 5 heteroatoms. The molecule has 5 nitrogen and oxygen atoms in total. The quantitative estimate of drug-likeness (QED) is 0.526. The van der Waals surface area contributed by atoms with Crippen molar-refractivity contribution in [2.45, 2.75) is 6.61 Å². The smallest absolute Gasteiger partial charge is 0.338 e. The van der Waals surface area contributed by atoms with Gasteiger partial charge in [-0.05, 0) is 35.9 Å². The molecule has 3 aromatic carbocycles. The molecule has 1 heterocycles. The van der Waals surface area contributed by atoms with Crippen LogP contribution in [0.1, 0.15) is 36.6 Å². The summed E-state index contributed by atoms with van der Waals surface area (Å²) in [6.45, 7) is 0.150. The highest BCUT2D eigenvalue weighted by Gasteiger charge is 2.36. The van der Waals surface area contributed by atoms with Crippen LogP contribution in [0.15, 0.2) is 78.9 Å². The number of imide groups is 1. The third kappa shape index (κ3) is 3.11. The number of nitrogens with zero attached hydrogens (tertiary/aromatic N) is 1. The van der Waals surface area contributed by atoms with Crippen LogP contribution < -0.4 is 4.90 Å². The van der Waals surface area contributed by atoms with Gasteiger partial charge in [-0.25, -0.2) is 9.69 Å². The fourth-order valence-corrected chi connectivity index (χ4v) is 3.00. The van der Waals surface area contributed by atoms with Gasteiger partial charge in [0, 0.05) is 0 Å². The lowest BCUT2D eigenvalue weighted by Crippen LogP contribution is -2.29. The van der Waals surface area contributed by atoms with Crippen LogP contribution in [0.4, 0.5) is 5.69 Å². The minimum Gasteiger partial charge on any atom is -0.457 e. The Bertz CT molecular complexity index is 1010. The molecule has 4 rings (SSSR count). The summed E-state index contributed by atoms with van der Waals surface area (Å²) in [5, 5.41) is 0. The van der Waals surface area contributed by atoms with Gasteiger partial charge >= 0.3 is 5.97 Å². The lowest BCUT2D eigenvalue weighted by atomic mass is 10.1. The number of hydrogen-bond donors (Lipinski definition) is 0. The van der Waals surface area contributed by atoms with Gasteiger partial charge < -0.3 is 4.74 Å². The maximum absolute atomic E-state index is 12.6. The fraction of sp³-hybridized carbons (Fsp3) is 0.0455. The summed E-state index contributed by atoms with van der Waals surface area (Å²) in [5.41, 5.74) is 2.22. The first-order valence-corrected chi connectivity index (χ1v) is 8.44. The highest BCUT2D eigenvalue weighted by Crippen LogP contribution is 2.28. The summed E-state index contributed by atoms with van der Waals surface area (Å²) in [7, 11) is 0. The molecule has 0 fully saturated rings. The molecule has 1 aliphatic heterocycles. The highest BCUT2D eigenvalue weighted by molar-refractivity contribution is 6.34. The zero-order valence-corrected chi connectivity index (χ0v) is 14.3. The predicted molar refractivity (Wildman–Crippen MR) is 99.6 cm³/mol. The van der Waals surface area contributed by atoms with Crippen molar-refractivity contribution in [3.63, 3.8) is 0 Å². The lowest BCUT2D eigenvalue weighted by Gasteiger charge is -2.15. The largest absolute Gasteiger partial charge is 0.457 e. The molecule has 0 saturated carbocycles. The summed E-state index contributed by atoms with van der Waals surface area (Å²) in [6, 6.07) is 22.3. The van der Waals surface area contributed by atoms with E-state index in [-0.39, 0.29) is 12.2 Å². The van der Waals surface area contributed by atoms with E-state index in [1.165, 1.54) is 6.07 Å². The van der Waals surface area contributed by atoms with E-state index in [2.05, 4.69) is 0 Å². The molecular formula is C22H15NO4. The summed E-state index contributed by atoms with van der Waals surface area (Å²) in [6.07, 6.45) is 0. The van der Waals surface area contributed by atoms with Crippen molar-refractivity contribution in [3.05, 3.63) is 101 Å². The lowest BCUT2D eigenvalue weighted by molar-refractivity contribution is 0.0472. The number of carbonyl (C=O) groups is 3. The minimum absolute atomic E-state index is 0.150. The molecule has 0 unspecified atom stereocenters. The van der Waals surface area contributed by atoms with Gasteiger partial charge in [-0.15, -0.1) is 0 Å². The minimum atomic E-state index is -0.516. The molecule has 3 aromatic rings. The molecule has 1 aliphatic rings. The Morgan fingerprint density at radius 1 is 0.778 bits per heavy atom. The normalized spacial score (nSPS) is 12.8. The number of anilines is 1. The van der Waals surface area contributed by atoms with Gasteiger partial charge in [0.1, 0.15) is 6.61 Å². The number of esters is 1. The highest BCUT2D eigenvalue weighted by atomic mass is 16.5. The average Bonchev–Trinajstić information content (AvgIpc) is 2.98. The molecule has 2 amide bonds. The van der Waals surface area contributed by atoms with Crippen LogP contribution in [0.5, 0.6) is 0 Å². The fourth-order valence-electron chi connectivity index (χ4n) is 3.00. The molecule has 0 atom stereocenters. The zero-order chi connectivity index (χ0) is 18.8. The Balaban J connectivity index is 1.56. The SMILES string of the molecule is O=C(OCc1ccccc1)c1cccc(N2C(=O)c3ccccc3C2=O)c1. The zero-order valence-electron chi connectivity index (χ0n) is 14.3. The molecule has 132 valence electrons. The van der Waals surface area contributed by atoms with Gasteiger partial charge in [0.05, 0.1) is 22.4 Å². The van der Waals surface area contributed by atoms with Crippen molar-refractivity contribution in [3.8, 4) is 0 Å². The molecule has 0 radical (unpaired) electrons. The number of fused-ring (bicyclic) bond motifs is 1. The van der Waals surface area contributed by atoms with Gasteiger partial charge in [0.2, 0.25) is 0 Å². The Labute approximate surface area is 155 Å². The van der Waals surface area contributed by atoms with E-state index in [4.69, 9.17) is 4.74 Å². The molecule has 0 spiro atoms. The maximum Gasteiger partial charge on any atom is 0.338 e. The second-order valence-corrected chi connectivity index (χ2v) is 6.10. The molecule has 0 N–H and O–H groups in total. The Morgan fingerprint density at radius 2 is 1.41 bits per heavy atom. The third-order valence-corrected chi connectivity index (χ3v) is 4.35. The number of hydrogen-bond acceptors (Lipinski definition) is 4. The van der Waals surface area contributed by atoms with E-state index >= 15 is 0 Å². The van der Waals surface area contributed by atoms with Crippen molar-refractivity contribution in [1.82, 2.24) is 0 Å². The molecule has 0 aromatic heterocycles. The van der Waals surface area contributed by atoms with Crippen LogP contribution in [-0.2, 0) is 11.3 Å². The van der Waals surface area contributed by atoms with Gasteiger partial charge in [-0.2, -0.15) is 0 Å². The number of benzene rings is 3. The Hall–Kier alpha value is -3.73. The summed E-state index contributed by atoms with van der Waals surface area (Å²) in [5.74, 6) is -1.31. The molecular weight excluding hydrogens is 342 g/mol. The van der Waals surface area contributed by atoms with Gasteiger partial charge in [0.15, 0.2) is 0 Å². The Morgan fingerprint density at radius 3 is 2.07 bits per heavy atom. The average molecular weight is 357 g/mol. The molecule has 0 saturated heterocycles. The van der Waals surface area contributed by atoms with E-state index in [0.717, 1.165) is 10.5 Å². The van der Waals surface area contributed by atoms with Crippen molar-refractivity contribution in [1.29, 1.82) is 0 Å². The first kappa shape index (κ1) is 16.7. The monoisotopic (exact) mass is 357 g/mol. The van der Waals surface area contributed by atoms with E-state index in [9.17, 15) is 14.4 Å². The summed E-state index contributed by atoms with van der Waals surface area (Å²) in [4.78, 5) is 38.6. The topological polar surface area (TPSA) is 63.7 Å². The van der Waals surface area contributed by atoms with Crippen LogP contribution in [0.3, 0.4) is 0 Å². The van der Waals surface area contributed by atoms with Crippen molar-refractivity contribution in [2.75, 3.05) is 4.90 Å². The third-order valence-electron chi connectivity index (χ3n) is 4.35. The van der Waals surface area contributed by atoms with Crippen molar-refractivity contribution in [2.24, 2.45) is 0 Å². The number of ether oxygens (including phenoxy) is 1. The summed E-state index contributed by atoms with van der Waals surface area (Å²) >= 11 is 0. The van der Waals surface area contributed by atoms with E-state index in [1.54, 1.807) is 42.5 Å². The number of rotatable bonds is 4. The van der Waals surface area contributed by atoms with Gasteiger partial charge in [-0.3, -0.25) is 9.59 Å². The van der Waals surface area contributed by atoms with E-state index < -0.39 is 17.8 Å². The summed E-state index contributed by atoms with van der Waals surface area (Å²) < 4.78 is 5.32. The molecule has 27 heavy (non-hydrogen) atoms. The molecule has 0 bridgehead atoms. The second kappa shape index (κ2) is 6.88. The molecule has 0 aliphatic carbocycles. The van der Waals surface area contributed by atoms with Crippen LogP contribution in [0.2, 0.25) is 0 Å². The Kier molecular flexibility index (Phi) is 4.26. The van der Waals surface area contributed by atoms with Crippen LogP contribution in [0, 0.1) is 0 Å². The predicted octanol–water partition coefficient (Wildman–Crippen LogP) is 3.84. The number of amides is 2. The maximum atomic E-state index is 12.6. The first-order chi connectivity index (χ1) is 13.1. The number of carbonyl (C=O) groups excluding carboxylic acids is 3. The van der Waals surface area contributed by atoms with Crippen molar-refractivity contribution < 1.29 is 19.1 Å². The van der Waals surface area contributed by atoms with E-state index in [1.807, 2.05) is 30.3 Å². The second-order valence-electron chi connectivity index (χ2n) is 6.10. The van der Waals surface area contributed by atoms with E-state index in [0.29, 0.717) is 16.8 Å².